The van der Waals surface area contributed by atoms with Crippen LogP contribution in [0, 0.1) is 5.82 Å². The van der Waals surface area contributed by atoms with Crippen LogP contribution >= 0.6 is 22.9 Å². The summed E-state index contributed by atoms with van der Waals surface area (Å²) in [6.07, 6.45) is 0. The molecule has 1 heterocycles. The van der Waals surface area contributed by atoms with Crippen molar-refractivity contribution in [2.75, 3.05) is 0 Å². The molecule has 0 atom stereocenters. The summed E-state index contributed by atoms with van der Waals surface area (Å²) in [6, 6.07) is 14.0. The standard InChI is InChI=1S/C15H9ClFNS/c16-12-6-4-10(5-7-12)15-18-14(9-19-15)11-2-1-3-13(17)8-11/h1-9H. The molecule has 0 aliphatic carbocycles. The minimum absolute atomic E-state index is 0.251. The van der Waals surface area contributed by atoms with Crippen molar-refractivity contribution in [2.45, 2.75) is 0 Å². The molecule has 0 aliphatic heterocycles. The summed E-state index contributed by atoms with van der Waals surface area (Å²) in [5.41, 5.74) is 2.59. The molecule has 19 heavy (non-hydrogen) atoms. The van der Waals surface area contributed by atoms with Crippen LogP contribution in [-0.4, -0.2) is 4.98 Å². The van der Waals surface area contributed by atoms with Crippen molar-refractivity contribution < 1.29 is 4.39 Å². The van der Waals surface area contributed by atoms with Crippen molar-refractivity contribution in [3.8, 4) is 21.8 Å². The Balaban J connectivity index is 1.97. The van der Waals surface area contributed by atoms with E-state index in [1.54, 1.807) is 6.07 Å². The van der Waals surface area contributed by atoms with Crippen LogP contribution in [0.15, 0.2) is 53.9 Å². The number of nitrogens with zero attached hydrogens (tertiary/aromatic N) is 1. The zero-order valence-corrected chi connectivity index (χ0v) is 11.4. The molecule has 0 saturated heterocycles. The normalized spacial score (nSPS) is 10.6. The lowest BCUT2D eigenvalue weighted by molar-refractivity contribution is 0.628. The quantitative estimate of drug-likeness (QED) is 0.626. The molecule has 2 aromatic carbocycles. The largest absolute Gasteiger partial charge is 0.236 e. The highest BCUT2D eigenvalue weighted by Crippen LogP contribution is 2.29. The van der Waals surface area contributed by atoms with E-state index in [0.717, 1.165) is 21.8 Å². The predicted molar refractivity (Wildman–Crippen MR) is 78.0 cm³/mol. The molecule has 1 nitrogen and oxygen atoms in total. The highest BCUT2D eigenvalue weighted by Gasteiger charge is 2.07. The van der Waals surface area contributed by atoms with E-state index in [1.807, 2.05) is 35.7 Å². The maximum absolute atomic E-state index is 13.2. The van der Waals surface area contributed by atoms with Crippen molar-refractivity contribution in [1.29, 1.82) is 0 Å². The van der Waals surface area contributed by atoms with Crippen molar-refractivity contribution in [3.05, 3.63) is 64.8 Å². The zero-order chi connectivity index (χ0) is 13.2. The van der Waals surface area contributed by atoms with Gasteiger partial charge in [0.1, 0.15) is 10.8 Å². The Kier molecular flexibility index (Phi) is 3.32. The zero-order valence-electron chi connectivity index (χ0n) is 9.81. The lowest BCUT2D eigenvalue weighted by atomic mass is 10.2. The second kappa shape index (κ2) is 5.11. The Labute approximate surface area is 119 Å². The Morgan fingerprint density at radius 3 is 2.53 bits per heavy atom. The second-order valence-electron chi connectivity index (χ2n) is 4.06. The van der Waals surface area contributed by atoms with Crippen LogP contribution in [0.5, 0.6) is 0 Å². The molecule has 0 bridgehead atoms. The Morgan fingerprint density at radius 2 is 1.79 bits per heavy atom. The minimum atomic E-state index is -0.251. The van der Waals surface area contributed by atoms with Gasteiger partial charge in [-0.2, -0.15) is 0 Å². The average molecular weight is 290 g/mol. The van der Waals surface area contributed by atoms with Gasteiger partial charge in [-0.15, -0.1) is 11.3 Å². The lowest BCUT2D eigenvalue weighted by Gasteiger charge is -1.97. The number of thiazole rings is 1. The third-order valence-electron chi connectivity index (χ3n) is 2.72. The van der Waals surface area contributed by atoms with E-state index in [2.05, 4.69) is 4.98 Å². The molecular formula is C15H9ClFNS. The fourth-order valence-corrected chi connectivity index (χ4v) is 2.74. The van der Waals surface area contributed by atoms with Gasteiger partial charge in [0.05, 0.1) is 5.69 Å². The first kappa shape index (κ1) is 12.3. The SMILES string of the molecule is Fc1cccc(-c2csc(-c3ccc(Cl)cc3)n2)c1. The number of aromatic nitrogens is 1. The summed E-state index contributed by atoms with van der Waals surface area (Å²) in [5, 5.41) is 3.53. The third-order valence-corrected chi connectivity index (χ3v) is 3.86. The second-order valence-corrected chi connectivity index (χ2v) is 5.35. The maximum atomic E-state index is 13.2. The maximum Gasteiger partial charge on any atom is 0.124 e. The molecule has 3 aromatic rings. The molecule has 0 aliphatic rings. The summed E-state index contributed by atoms with van der Waals surface area (Å²) >= 11 is 7.39. The van der Waals surface area contributed by atoms with Gasteiger partial charge in [0.2, 0.25) is 0 Å². The van der Waals surface area contributed by atoms with Crippen molar-refractivity contribution in [1.82, 2.24) is 4.98 Å². The Bertz CT molecular complexity index is 706. The fraction of sp³-hybridized carbons (Fsp3) is 0. The lowest BCUT2D eigenvalue weighted by Crippen LogP contribution is -1.81. The van der Waals surface area contributed by atoms with E-state index >= 15 is 0 Å². The number of hydrogen-bond acceptors (Lipinski definition) is 2. The van der Waals surface area contributed by atoms with Gasteiger partial charge in [0.25, 0.3) is 0 Å². The minimum Gasteiger partial charge on any atom is -0.236 e. The molecule has 0 amide bonds. The smallest absolute Gasteiger partial charge is 0.124 e. The van der Waals surface area contributed by atoms with Crippen LogP contribution in [0.4, 0.5) is 4.39 Å². The van der Waals surface area contributed by atoms with Gasteiger partial charge in [-0.1, -0.05) is 35.9 Å². The molecule has 3 rings (SSSR count). The van der Waals surface area contributed by atoms with E-state index < -0.39 is 0 Å². The number of halogens is 2. The van der Waals surface area contributed by atoms with Crippen LogP contribution in [0.1, 0.15) is 0 Å². The van der Waals surface area contributed by atoms with E-state index in [1.165, 1.54) is 23.5 Å². The number of hydrogen-bond donors (Lipinski definition) is 0. The van der Waals surface area contributed by atoms with Crippen LogP contribution in [0.2, 0.25) is 5.02 Å². The van der Waals surface area contributed by atoms with Gasteiger partial charge in [-0.25, -0.2) is 9.37 Å². The van der Waals surface area contributed by atoms with Gasteiger partial charge in [-0.05, 0) is 24.3 Å². The van der Waals surface area contributed by atoms with E-state index in [9.17, 15) is 4.39 Å². The summed E-state index contributed by atoms with van der Waals surface area (Å²) in [5.74, 6) is -0.251. The van der Waals surface area contributed by atoms with Crippen molar-refractivity contribution in [3.63, 3.8) is 0 Å². The Morgan fingerprint density at radius 1 is 1.00 bits per heavy atom. The fourth-order valence-electron chi connectivity index (χ4n) is 1.78. The van der Waals surface area contributed by atoms with Crippen LogP contribution < -0.4 is 0 Å². The van der Waals surface area contributed by atoms with Gasteiger partial charge in [0.15, 0.2) is 0 Å². The van der Waals surface area contributed by atoms with E-state index in [4.69, 9.17) is 11.6 Å². The first-order valence-electron chi connectivity index (χ1n) is 5.70. The predicted octanol–water partition coefficient (Wildman–Crippen LogP) is 5.27. The van der Waals surface area contributed by atoms with Gasteiger partial charge in [-0.3, -0.25) is 0 Å². The molecular weight excluding hydrogens is 281 g/mol. The van der Waals surface area contributed by atoms with Crippen molar-refractivity contribution >= 4 is 22.9 Å². The summed E-state index contributed by atoms with van der Waals surface area (Å²) < 4.78 is 13.2. The average Bonchev–Trinajstić information content (AvgIpc) is 2.89. The summed E-state index contributed by atoms with van der Waals surface area (Å²) in [6.45, 7) is 0. The van der Waals surface area contributed by atoms with Crippen LogP contribution in [0.25, 0.3) is 21.8 Å². The number of benzene rings is 2. The summed E-state index contributed by atoms with van der Waals surface area (Å²) in [7, 11) is 0. The molecule has 0 radical (unpaired) electrons. The van der Waals surface area contributed by atoms with Gasteiger partial charge >= 0.3 is 0 Å². The molecule has 0 N–H and O–H groups in total. The van der Waals surface area contributed by atoms with Crippen LogP contribution in [0.3, 0.4) is 0 Å². The molecule has 4 heteroatoms. The molecule has 0 spiro atoms. The molecule has 1 aromatic heterocycles. The highest BCUT2D eigenvalue weighted by molar-refractivity contribution is 7.13. The number of rotatable bonds is 2. The third kappa shape index (κ3) is 2.67. The van der Waals surface area contributed by atoms with Gasteiger partial charge < -0.3 is 0 Å². The molecule has 94 valence electrons. The topological polar surface area (TPSA) is 12.9 Å². The molecule has 0 fully saturated rings. The molecule has 0 saturated carbocycles. The van der Waals surface area contributed by atoms with E-state index in [0.29, 0.717) is 5.02 Å². The first-order chi connectivity index (χ1) is 9.22. The van der Waals surface area contributed by atoms with Gasteiger partial charge in [0, 0.05) is 21.5 Å². The van der Waals surface area contributed by atoms with E-state index in [-0.39, 0.29) is 5.82 Å². The monoisotopic (exact) mass is 289 g/mol. The highest BCUT2D eigenvalue weighted by atomic mass is 35.5. The van der Waals surface area contributed by atoms with Crippen molar-refractivity contribution in [2.24, 2.45) is 0 Å². The Hall–Kier alpha value is -1.71. The van der Waals surface area contributed by atoms with Crippen LogP contribution in [-0.2, 0) is 0 Å². The molecule has 0 unspecified atom stereocenters. The first-order valence-corrected chi connectivity index (χ1v) is 6.95. The summed E-state index contributed by atoms with van der Waals surface area (Å²) in [4.78, 5) is 4.53.